The van der Waals surface area contributed by atoms with Crippen molar-refractivity contribution in [2.75, 3.05) is 0 Å². The zero-order chi connectivity index (χ0) is 15.7. The minimum absolute atomic E-state index is 0.189. The van der Waals surface area contributed by atoms with Crippen molar-refractivity contribution in [3.8, 4) is 0 Å². The first-order valence-corrected chi connectivity index (χ1v) is 7.02. The van der Waals surface area contributed by atoms with E-state index >= 15 is 0 Å². The maximum absolute atomic E-state index is 13.6. The van der Waals surface area contributed by atoms with Crippen LogP contribution in [0.5, 0.6) is 0 Å². The maximum atomic E-state index is 13.6. The molecular weight excluding hydrogens is 297 g/mol. The summed E-state index contributed by atoms with van der Waals surface area (Å²) in [6.45, 7) is 0. The molecule has 0 saturated carbocycles. The molecule has 0 aliphatic carbocycles. The average molecular weight is 305 g/mol. The number of H-pyrrole nitrogens is 1. The summed E-state index contributed by atoms with van der Waals surface area (Å²) < 4.78 is 13.6. The van der Waals surface area contributed by atoms with Crippen molar-refractivity contribution in [2.24, 2.45) is 0 Å². The predicted octanol–water partition coefficient (Wildman–Crippen LogP) is 2.89. The van der Waals surface area contributed by atoms with Gasteiger partial charge in [-0.05, 0) is 12.1 Å². The lowest BCUT2D eigenvalue weighted by Gasteiger charge is -2.05. The summed E-state index contributed by atoms with van der Waals surface area (Å²) >= 11 is 0. The van der Waals surface area contributed by atoms with Crippen molar-refractivity contribution in [1.82, 2.24) is 15.3 Å². The number of pyridine rings is 1. The summed E-state index contributed by atoms with van der Waals surface area (Å²) in [7, 11) is 0. The number of nitrogens with zero attached hydrogens (tertiary/aromatic N) is 1. The predicted molar refractivity (Wildman–Crippen MR) is 82.9 cm³/mol. The van der Waals surface area contributed by atoms with Crippen LogP contribution in [0, 0.1) is 5.82 Å². The second-order valence-electron chi connectivity index (χ2n) is 5.50. The molecule has 2 amide bonds. The molecule has 0 saturated heterocycles. The molecule has 5 rings (SSSR count). The summed E-state index contributed by atoms with van der Waals surface area (Å²) in [6, 6.07) is 8.73. The van der Waals surface area contributed by atoms with Gasteiger partial charge in [-0.25, -0.2) is 4.39 Å². The van der Waals surface area contributed by atoms with Crippen LogP contribution < -0.4 is 5.32 Å². The van der Waals surface area contributed by atoms with E-state index in [0.717, 1.165) is 17.1 Å². The fraction of sp³-hybridized carbons (Fsp3) is 0. The van der Waals surface area contributed by atoms with Crippen LogP contribution in [0.3, 0.4) is 0 Å². The van der Waals surface area contributed by atoms with Crippen molar-refractivity contribution in [1.29, 1.82) is 0 Å². The minimum Gasteiger partial charge on any atom is -0.353 e. The van der Waals surface area contributed by atoms with E-state index in [0.29, 0.717) is 21.8 Å². The highest BCUT2D eigenvalue weighted by Gasteiger charge is 2.33. The first kappa shape index (κ1) is 12.3. The number of hydrogen-bond donors (Lipinski definition) is 2. The van der Waals surface area contributed by atoms with Crippen LogP contribution in [-0.2, 0) is 0 Å². The number of rotatable bonds is 0. The topological polar surface area (TPSA) is 74.8 Å². The number of benzene rings is 2. The van der Waals surface area contributed by atoms with Crippen LogP contribution in [0.25, 0.3) is 32.7 Å². The number of para-hydroxylation sites is 1. The van der Waals surface area contributed by atoms with E-state index in [-0.39, 0.29) is 11.1 Å². The summed E-state index contributed by atoms with van der Waals surface area (Å²) in [5, 5.41) is 4.11. The number of fused-ring (bicyclic) bond motifs is 8. The Bertz CT molecular complexity index is 1190. The van der Waals surface area contributed by atoms with Crippen molar-refractivity contribution in [2.45, 2.75) is 0 Å². The van der Waals surface area contributed by atoms with Gasteiger partial charge in [-0.1, -0.05) is 18.2 Å². The number of amides is 2. The summed E-state index contributed by atoms with van der Waals surface area (Å²) in [4.78, 5) is 31.9. The molecule has 1 aliphatic heterocycles. The highest BCUT2D eigenvalue weighted by molar-refractivity contribution is 6.36. The third kappa shape index (κ3) is 1.42. The molecule has 0 bridgehead atoms. The Morgan fingerprint density at radius 3 is 2.65 bits per heavy atom. The Labute approximate surface area is 128 Å². The molecule has 6 heteroatoms. The molecule has 0 atom stereocenters. The van der Waals surface area contributed by atoms with Crippen molar-refractivity contribution in [3.05, 3.63) is 53.5 Å². The smallest absolute Gasteiger partial charge is 0.259 e. The van der Waals surface area contributed by atoms with Crippen LogP contribution in [0.15, 0.2) is 36.5 Å². The number of carbonyl (C=O) groups excluding carboxylic acids is 2. The average Bonchev–Trinajstić information content (AvgIpc) is 3.05. The van der Waals surface area contributed by atoms with E-state index in [4.69, 9.17) is 0 Å². The monoisotopic (exact) mass is 305 g/mol. The lowest BCUT2D eigenvalue weighted by atomic mass is 9.97. The molecule has 2 N–H and O–H groups in total. The number of halogens is 1. The van der Waals surface area contributed by atoms with Crippen LogP contribution in [0.2, 0.25) is 0 Å². The molecule has 0 unspecified atom stereocenters. The number of aromatic nitrogens is 2. The lowest BCUT2D eigenvalue weighted by Crippen LogP contribution is -2.20. The Hall–Kier alpha value is -3.28. The quantitative estimate of drug-likeness (QED) is 0.491. The lowest BCUT2D eigenvalue weighted by molar-refractivity contribution is 0.0880. The van der Waals surface area contributed by atoms with Gasteiger partial charge in [0.25, 0.3) is 11.8 Å². The normalized spacial score (nSPS) is 14.0. The van der Waals surface area contributed by atoms with Crippen molar-refractivity contribution >= 4 is 44.5 Å². The summed E-state index contributed by atoms with van der Waals surface area (Å²) in [5.41, 5.74) is 2.40. The fourth-order valence-corrected chi connectivity index (χ4v) is 3.36. The molecule has 5 nitrogen and oxygen atoms in total. The van der Waals surface area contributed by atoms with Crippen molar-refractivity contribution < 1.29 is 14.0 Å². The zero-order valence-electron chi connectivity index (χ0n) is 11.6. The number of imide groups is 1. The largest absolute Gasteiger partial charge is 0.353 e. The minimum atomic E-state index is -0.553. The molecule has 0 radical (unpaired) electrons. The Morgan fingerprint density at radius 1 is 1.00 bits per heavy atom. The molecule has 2 aromatic heterocycles. The molecule has 0 spiro atoms. The standard InChI is InChI=1S/C17H8FN3O2/c18-7-5-9-12-13(17(23)21-16(12)22)11-8-3-1-2-4-10(8)20-15(11)14(9)19-6-7/h1-6,20H,(H,21,22,23). The van der Waals surface area contributed by atoms with Crippen molar-refractivity contribution in [3.63, 3.8) is 0 Å². The zero-order valence-corrected chi connectivity index (χ0v) is 11.6. The first-order chi connectivity index (χ1) is 11.1. The first-order valence-electron chi connectivity index (χ1n) is 7.02. The molecule has 110 valence electrons. The van der Waals surface area contributed by atoms with E-state index in [9.17, 15) is 14.0 Å². The highest BCUT2D eigenvalue weighted by atomic mass is 19.1. The fourth-order valence-electron chi connectivity index (χ4n) is 3.36. The number of nitrogens with one attached hydrogen (secondary N) is 2. The molecule has 4 aromatic rings. The number of hydrogen-bond acceptors (Lipinski definition) is 3. The highest BCUT2D eigenvalue weighted by Crippen LogP contribution is 2.38. The van der Waals surface area contributed by atoms with Gasteiger partial charge in [0, 0.05) is 21.7 Å². The third-order valence-corrected chi connectivity index (χ3v) is 4.25. The van der Waals surface area contributed by atoms with Crippen LogP contribution in [0.4, 0.5) is 4.39 Å². The molecule has 0 fully saturated rings. The van der Waals surface area contributed by atoms with E-state index < -0.39 is 17.6 Å². The molecule has 3 heterocycles. The van der Waals surface area contributed by atoms with Gasteiger partial charge in [0.1, 0.15) is 5.82 Å². The third-order valence-electron chi connectivity index (χ3n) is 4.25. The summed E-state index contributed by atoms with van der Waals surface area (Å²) in [6.07, 6.45) is 1.11. The number of carbonyl (C=O) groups is 2. The van der Waals surface area contributed by atoms with Gasteiger partial charge in [0.2, 0.25) is 0 Å². The second-order valence-corrected chi connectivity index (χ2v) is 5.50. The maximum Gasteiger partial charge on any atom is 0.259 e. The number of aromatic amines is 1. The van der Waals surface area contributed by atoms with Crippen LogP contribution in [0.1, 0.15) is 20.7 Å². The Morgan fingerprint density at radius 2 is 1.78 bits per heavy atom. The molecule has 2 aromatic carbocycles. The van der Waals surface area contributed by atoms with Gasteiger partial charge in [-0.3, -0.25) is 19.9 Å². The van der Waals surface area contributed by atoms with E-state index in [1.54, 1.807) is 0 Å². The van der Waals surface area contributed by atoms with Gasteiger partial charge in [-0.15, -0.1) is 0 Å². The SMILES string of the molecule is O=C1NC(=O)c2c1c1cc(F)cnc1c1[nH]c3ccccc3c21. The van der Waals surface area contributed by atoms with E-state index in [2.05, 4.69) is 15.3 Å². The van der Waals surface area contributed by atoms with Gasteiger partial charge in [-0.2, -0.15) is 0 Å². The molecular formula is C17H8FN3O2. The van der Waals surface area contributed by atoms with E-state index in [1.165, 1.54) is 6.07 Å². The van der Waals surface area contributed by atoms with Crippen LogP contribution in [-0.4, -0.2) is 21.8 Å². The molecule has 1 aliphatic rings. The Balaban J connectivity index is 2.18. The van der Waals surface area contributed by atoms with Gasteiger partial charge < -0.3 is 4.98 Å². The van der Waals surface area contributed by atoms with Gasteiger partial charge >= 0.3 is 0 Å². The van der Waals surface area contributed by atoms with Gasteiger partial charge in [0.15, 0.2) is 0 Å². The molecule has 23 heavy (non-hydrogen) atoms. The second kappa shape index (κ2) is 3.92. The van der Waals surface area contributed by atoms with Crippen LogP contribution >= 0.6 is 0 Å². The van der Waals surface area contributed by atoms with E-state index in [1.807, 2.05) is 24.3 Å². The Kier molecular flexibility index (Phi) is 2.09. The van der Waals surface area contributed by atoms with Gasteiger partial charge in [0.05, 0.1) is 28.4 Å². The summed E-state index contributed by atoms with van der Waals surface area (Å²) in [5.74, 6) is -1.54.